The second-order valence-corrected chi connectivity index (χ2v) is 5.82. The molecule has 0 bridgehead atoms. The van der Waals surface area contributed by atoms with Crippen LogP contribution in [0, 0.1) is 17.2 Å². The van der Waals surface area contributed by atoms with E-state index in [0.717, 1.165) is 37.2 Å². The first-order valence-electron chi connectivity index (χ1n) is 7.90. The van der Waals surface area contributed by atoms with Crippen molar-refractivity contribution in [1.29, 1.82) is 5.26 Å². The lowest BCUT2D eigenvalue weighted by molar-refractivity contribution is 0.217. The number of likely N-dealkylation sites (tertiary alicyclic amines) is 1. The Morgan fingerprint density at radius 2 is 2.14 bits per heavy atom. The third-order valence-electron chi connectivity index (χ3n) is 4.24. The van der Waals surface area contributed by atoms with Gasteiger partial charge in [-0.2, -0.15) is 10.4 Å². The fourth-order valence-corrected chi connectivity index (χ4v) is 3.10. The van der Waals surface area contributed by atoms with Crippen LogP contribution in [0.15, 0.2) is 0 Å². The van der Waals surface area contributed by atoms with Crippen LogP contribution >= 0.6 is 0 Å². The number of piperidine rings is 1. The number of anilines is 1. The summed E-state index contributed by atoms with van der Waals surface area (Å²) in [6.45, 7) is 7.27. The summed E-state index contributed by atoms with van der Waals surface area (Å²) in [5.74, 6) is 1.27. The molecular weight excluding hydrogens is 262 g/mol. The van der Waals surface area contributed by atoms with Gasteiger partial charge in [0, 0.05) is 13.1 Å². The molecule has 21 heavy (non-hydrogen) atoms. The van der Waals surface area contributed by atoms with Crippen LogP contribution in [0.5, 0.6) is 0 Å². The molecule has 1 atom stereocenters. The Bertz CT molecular complexity index is 520. The summed E-state index contributed by atoms with van der Waals surface area (Å²) in [5, 5.41) is 21.3. The third-order valence-corrected chi connectivity index (χ3v) is 4.24. The first-order chi connectivity index (χ1) is 10.2. The summed E-state index contributed by atoms with van der Waals surface area (Å²) in [5.41, 5.74) is 2.66. The van der Waals surface area contributed by atoms with Crippen LogP contribution in [0.4, 0.5) is 5.82 Å². The maximum absolute atomic E-state index is 9.46. The highest BCUT2D eigenvalue weighted by atomic mass is 15.2. The lowest BCUT2D eigenvalue weighted by atomic mass is 9.98. The molecule has 1 aromatic heterocycles. The number of nitriles is 1. The highest BCUT2D eigenvalue weighted by Crippen LogP contribution is 2.21. The summed E-state index contributed by atoms with van der Waals surface area (Å²) in [7, 11) is 2.16. The van der Waals surface area contributed by atoms with Crippen molar-refractivity contribution in [3.05, 3.63) is 16.8 Å². The lowest BCUT2D eigenvalue weighted by Crippen LogP contribution is -2.35. The molecule has 1 unspecified atom stereocenters. The van der Waals surface area contributed by atoms with Gasteiger partial charge in [0.15, 0.2) is 5.82 Å². The van der Waals surface area contributed by atoms with E-state index in [1.807, 2.05) is 0 Å². The summed E-state index contributed by atoms with van der Waals surface area (Å²) in [6, 6.07) is 2.31. The van der Waals surface area contributed by atoms with Gasteiger partial charge in [0.05, 0.1) is 5.69 Å². The van der Waals surface area contributed by atoms with Crippen LogP contribution in [-0.2, 0) is 12.8 Å². The van der Waals surface area contributed by atoms with Crippen LogP contribution in [0.25, 0.3) is 0 Å². The maximum atomic E-state index is 9.46. The van der Waals surface area contributed by atoms with Crippen LogP contribution in [-0.4, -0.2) is 41.8 Å². The van der Waals surface area contributed by atoms with Crippen molar-refractivity contribution in [1.82, 2.24) is 15.1 Å². The minimum atomic E-state index is 0.619. The molecule has 0 aromatic carbocycles. The normalized spacial score (nSPS) is 19.2. The van der Waals surface area contributed by atoms with Crippen molar-refractivity contribution in [2.24, 2.45) is 5.92 Å². The molecule has 5 nitrogen and oxygen atoms in total. The average Bonchev–Trinajstić information content (AvgIpc) is 2.51. The highest BCUT2D eigenvalue weighted by Gasteiger charge is 2.19. The molecule has 5 heteroatoms. The molecule has 1 saturated heterocycles. The summed E-state index contributed by atoms with van der Waals surface area (Å²) in [6.07, 6.45) is 4.12. The van der Waals surface area contributed by atoms with Gasteiger partial charge in [-0.1, -0.05) is 13.8 Å². The van der Waals surface area contributed by atoms with Gasteiger partial charge in [0.25, 0.3) is 0 Å². The smallest absolute Gasteiger partial charge is 0.166 e. The SMILES string of the molecule is CCc1nnc(NCC2CCCN(C)C2)c(C#N)c1CC. The molecule has 1 fully saturated rings. The number of aryl methyl sites for hydroxylation is 1. The van der Waals surface area contributed by atoms with E-state index in [0.29, 0.717) is 17.3 Å². The van der Waals surface area contributed by atoms with Crippen LogP contribution in [0.1, 0.15) is 43.5 Å². The number of hydrogen-bond acceptors (Lipinski definition) is 5. The molecule has 0 saturated carbocycles. The van der Waals surface area contributed by atoms with Gasteiger partial charge in [0.1, 0.15) is 11.6 Å². The predicted molar refractivity (Wildman–Crippen MR) is 84.2 cm³/mol. The first kappa shape index (κ1) is 15.7. The van der Waals surface area contributed by atoms with E-state index in [1.54, 1.807) is 0 Å². The number of nitrogens with zero attached hydrogens (tertiary/aromatic N) is 4. The summed E-state index contributed by atoms with van der Waals surface area (Å²) >= 11 is 0. The molecule has 1 aromatic rings. The molecule has 1 N–H and O–H groups in total. The Morgan fingerprint density at radius 3 is 2.76 bits per heavy atom. The van der Waals surface area contributed by atoms with Crippen LogP contribution < -0.4 is 5.32 Å². The number of nitrogens with one attached hydrogen (secondary N) is 1. The first-order valence-corrected chi connectivity index (χ1v) is 7.90. The minimum Gasteiger partial charge on any atom is -0.367 e. The van der Waals surface area contributed by atoms with E-state index in [9.17, 15) is 5.26 Å². The molecule has 1 aliphatic rings. The van der Waals surface area contributed by atoms with Crippen molar-refractivity contribution >= 4 is 5.82 Å². The van der Waals surface area contributed by atoms with E-state index in [-0.39, 0.29) is 0 Å². The van der Waals surface area contributed by atoms with E-state index in [2.05, 4.69) is 47.4 Å². The fraction of sp³-hybridized carbons (Fsp3) is 0.688. The molecule has 0 aliphatic carbocycles. The molecule has 1 aliphatic heterocycles. The van der Waals surface area contributed by atoms with Crippen LogP contribution in [0.2, 0.25) is 0 Å². The Kier molecular flexibility index (Phi) is 5.51. The summed E-state index contributed by atoms with van der Waals surface area (Å²) < 4.78 is 0. The quantitative estimate of drug-likeness (QED) is 0.899. The Morgan fingerprint density at radius 1 is 1.33 bits per heavy atom. The monoisotopic (exact) mass is 287 g/mol. The topological polar surface area (TPSA) is 64.8 Å². The zero-order valence-electron chi connectivity index (χ0n) is 13.3. The summed E-state index contributed by atoms with van der Waals surface area (Å²) in [4.78, 5) is 2.37. The van der Waals surface area contributed by atoms with Gasteiger partial charge in [-0.3, -0.25) is 0 Å². The van der Waals surface area contributed by atoms with Crippen molar-refractivity contribution in [2.45, 2.75) is 39.5 Å². The molecule has 0 spiro atoms. The Balaban J connectivity index is 2.11. The zero-order chi connectivity index (χ0) is 15.2. The molecule has 114 valence electrons. The van der Waals surface area contributed by atoms with E-state index >= 15 is 0 Å². The highest BCUT2D eigenvalue weighted by molar-refractivity contribution is 5.56. The predicted octanol–water partition coefficient (Wildman–Crippen LogP) is 2.23. The minimum absolute atomic E-state index is 0.619. The number of rotatable bonds is 5. The van der Waals surface area contributed by atoms with Crippen molar-refractivity contribution in [2.75, 3.05) is 32.0 Å². The molecule has 0 amide bonds. The van der Waals surface area contributed by atoms with Crippen LogP contribution in [0.3, 0.4) is 0 Å². The molecular formula is C16H25N5. The van der Waals surface area contributed by atoms with Crippen molar-refractivity contribution in [3.8, 4) is 6.07 Å². The Hall–Kier alpha value is -1.67. The van der Waals surface area contributed by atoms with Crippen molar-refractivity contribution < 1.29 is 0 Å². The molecule has 2 heterocycles. The fourth-order valence-electron chi connectivity index (χ4n) is 3.10. The molecule has 0 radical (unpaired) electrons. The van der Waals surface area contributed by atoms with Gasteiger partial charge < -0.3 is 10.2 Å². The second-order valence-electron chi connectivity index (χ2n) is 5.82. The Labute approximate surface area is 127 Å². The van der Waals surface area contributed by atoms with Gasteiger partial charge in [0.2, 0.25) is 0 Å². The van der Waals surface area contributed by atoms with Gasteiger partial charge in [-0.15, -0.1) is 5.10 Å². The maximum Gasteiger partial charge on any atom is 0.166 e. The second kappa shape index (κ2) is 7.37. The average molecular weight is 287 g/mol. The van der Waals surface area contributed by atoms with E-state index < -0.39 is 0 Å². The van der Waals surface area contributed by atoms with E-state index in [4.69, 9.17) is 0 Å². The standard InChI is InChI=1S/C16H25N5/c1-4-13-14(9-17)16(20-19-15(13)5-2)18-10-12-7-6-8-21(3)11-12/h12H,4-8,10-11H2,1-3H3,(H,18,20). The largest absolute Gasteiger partial charge is 0.367 e. The van der Waals surface area contributed by atoms with Gasteiger partial charge in [-0.25, -0.2) is 0 Å². The van der Waals surface area contributed by atoms with Gasteiger partial charge >= 0.3 is 0 Å². The van der Waals surface area contributed by atoms with E-state index in [1.165, 1.54) is 19.4 Å². The van der Waals surface area contributed by atoms with Crippen molar-refractivity contribution in [3.63, 3.8) is 0 Å². The number of aromatic nitrogens is 2. The molecule has 2 rings (SSSR count). The van der Waals surface area contributed by atoms with Gasteiger partial charge in [-0.05, 0) is 50.8 Å². The zero-order valence-corrected chi connectivity index (χ0v) is 13.3. The number of hydrogen-bond donors (Lipinski definition) is 1. The third kappa shape index (κ3) is 3.70. The lowest BCUT2D eigenvalue weighted by Gasteiger charge is -2.29.